The number of fused-ring (bicyclic) bond motifs is 1. The average molecular weight is 310 g/mol. The van der Waals surface area contributed by atoms with Gasteiger partial charge < -0.3 is 14.2 Å². The van der Waals surface area contributed by atoms with Gasteiger partial charge in [0.25, 0.3) is 0 Å². The number of carbonyl (C=O) groups is 2. The Morgan fingerprint density at radius 2 is 1.83 bits per heavy atom. The van der Waals surface area contributed by atoms with Gasteiger partial charge in [0.05, 0.1) is 25.3 Å². The van der Waals surface area contributed by atoms with Gasteiger partial charge in [0.2, 0.25) is 5.78 Å². The number of methoxy groups -OCH3 is 2. The molecule has 0 bridgehead atoms. The van der Waals surface area contributed by atoms with Gasteiger partial charge in [0.15, 0.2) is 5.76 Å². The van der Waals surface area contributed by atoms with E-state index in [1.54, 1.807) is 55.7 Å². The summed E-state index contributed by atoms with van der Waals surface area (Å²) in [5.74, 6) is 0.752. The third kappa shape index (κ3) is 2.81. The van der Waals surface area contributed by atoms with Crippen molar-refractivity contribution in [1.29, 1.82) is 0 Å². The van der Waals surface area contributed by atoms with Crippen LogP contribution in [0.5, 0.6) is 11.5 Å². The maximum Gasteiger partial charge on any atom is 0.337 e. The number of ketones is 1. The predicted molar refractivity (Wildman–Crippen MR) is 83.7 cm³/mol. The first-order valence-electron chi connectivity index (χ1n) is 6.93. The number of hydrogen-bond donors (Lipinski definition) is 0. The zero-order chi connectivity index (χ0) is 16.4. The highest BCUT2D eigenvalue weighted by molar-refractivity contribution is 6.14. The van der Waals surface area contributed by atoms with Gasteiger partial charge in [-0.3, -0.25) is 4.79 Å². The normalized spacial score (nSPS) is 14.3. The largest absolute Gasteiger partial charge is 0.497 e. The van der Waals surface area contributed by atoms with E-state index < -0.39 is 5.97 Å². The minimum Gasteiger partial charge on any atom is -0.497 e. The first-order valence-corrected chi connectivity index (χ1v) is 6.93. The monoisotopic (exact) mass is 310 g/mol. The summed E-state index contributed by atoms with van der Waals surface area (Å²) in [6, 6.07) is 11.8. The van der Waals surface area contributed by atoms with E-state index in [1.807, 2.05) is 0 Å². The smallest absolute Gasteiger partial charge is 0.337 e. The highest BCUT2D eigenvalue weighted by Gasteiger charge is 2.27. The second kappa shape index (κ2) is 5.96. The summed E-state index contributed by atoms with van der Waals surface area (Å²) in [5.41, 5.74) is 1.70. The van der Waals surface area contributed by atoms with E-state index in [0.717, 1.165) is 5.56 Å². The Labute approximate surface area is 133 Å². The number of benzene rings is 2. The maximum absolute atomic E-state index is 12.3. The van der Waals surface area contributed by atoms with E-state index in [9.17, 15) is 9.59 Å². The number of allylic oxidation sites excluding steroid dienone is 1. The molecule has 2 aromatic rings. The second-order valence-electron chi connectivity index (χ2n) is 4.92. The van der Waals surface area contributed by atoms with Crippen LogP contribution in [-0.2, 0) is 4.74 Å². The Balaban J connectivity index is 1.87. The van der Waals surface area contributed by atoms with Crippen LogP contribution in [0.4, 0.5) is 0 Å². The third-order valence-electron chi connectivity index (χ3n) is 3.51. The first-order chi connectivity index (χ1) is 11.1. The molecule has 0 saturated carbocycles. The number of Topliss-reactive ketones (excluding diaryl/α,β-unsaturated/α-hetero) is 1. The van der Waals surface area contributed by atoms with Crippen molar-refractivity contribution in [3.8, 4) is 11.5 Å². The fraction of sp³-hybridized carbons (Fsp3) is 0.111. The van der Waals surface area contributed by atoms with Crippen molar-refractivity contribution < 1.29 is 23.8 Å². The number of ether oxygens (including phenoxy) is 3. The summed E-state index contributed by atoms with van der Waals surface area (Å²) >= 11 is 0. The summed E-state index contributed by atoms with van der Waals surface area (Å²) in [5, 5.41) is 0. The van der Waals surface area contributed by atoms with E-state index in [4.69, 9.17) is 9.47 Å². The second-order valence-corrected chi connectivity index (χ2v) is 4.92. The number of hydrogen-bond acceptors (Lipinski definition) is 5. The van der Waals surface area contributed by atoms with Gasteiger partial charge in [-0.2, -0.15) is 0 Å². The van der Waals surface area contributed by atoms with Gasteiger partial charge >= 0.3 is 5.97 Å². The molecule has 0 N–H and O–H groups in total. The zero-order valence-electron chi connectivity index (χ0n) is 12.7. The molecule has 0 aromatic heterocycles. The van der Waals surface area contributed by atoms with E-state index in [0.29, 0.717) is 22.6 Å². The molecule has 116 valence electrons. The molecule has 1 heterocycles. The van der Waals surface area contributed by atoms with Gasteiger partial charge in [-0.05, 0) is 35.9 Å². The van der Waals surface area contributed by atoms with Crippen molar-refractivity contribution in [2.24, 2.45) is 0 Å². The summed E-state index contributed by atoms with van der Waals surface area (Å²) < 4.78 is 15.4. The molecule has 0 unspecified atom stereocenters. The Morgan fingerprint density at radius 1 is 1.09 bits per heavy atom. The van der Waals surface area contributed by atoms with Crippen LogP contribution in [0.1, 0.15) is 26.3 Å². The Kier molecular flexibility index (Phi) is 3.85. The number of esters is 1. The molecule has 0 saturated heterocycles. The number of rotatable bonds is 3. The van der Waals surface area contributed by atoms with Crippen LogP contribution in [-0.4, -0.2) is 26.0 Å². The average Bonchev–Trinajstić information content (AvgIpc) is 2.90. The molecule has 5 heteroatoms. The topological polar surface area (TPSA) is 61.8 Å². The molecule has 3 rings (SSSR count). The fourth-order valence-corrected chi connectivity index (χ4v) is 2.28. The van der Waals surface area contributed by atoms with Crippen LogP contribution >= 0.6 is 0 Å². The van der Waals surface area contributed by atoms with Crippen LogP contribution in [0.25, 0.3) is 6.08 Å². The standard InChI is InChI=1S/C18H14O5/c1-21-13-7-8-14-15(10-13)23-16(17(14)19)9-11-3-5-12(6-4-11)18(20)22-2/h3-10H,1-2H3/b16-9+. The summed E-state index contributed by atoms with van der Waals surface area (Å²) in [6.07, 6.45) is 1.63. The predicted octanol–water partition coefficient (Wildman–Crippen LogP) is 3.10. The molecule has 0 fully saturated rings. The highest BCUT2D eigenvalue weighted by Crippen LogP contribution is 2.34. The highest BCUT2D eigenvalue weighted by atomic mass is 16.5. The SMILES string of the molecule is COC(=O)c1ccc(/C=C2/Oc3cc(OC)ccc3C2=O)cc1. The van der Waals surface area contributed by atoms with Crippen molar-refractivity contribution >= 4 is 17.8 Å². The van der Waals surface area contributed by atoms with Crippen molar-refractivity contribution in [1.82, 2.24) is 0 Å². The zero-order valence-corrected chi connectivity index (χ0v) is 12.7. The molecule has 0 spiro atoms. The molecule has 2 aromatic carbocycles. The van der Waals surface area contributed by atoms with Crippen LogP contribution in [0.2, 0.25) is 0 Å². The number of carbonyl (C=O) groups excluding carboxylic acids is 2. The van der Waals surface area contributed by atoms with E-state index >= 15 is 0 Å². The quantitative estimate of drug-likeness (QED) is 0.644. The van der Waals surface area contributed by atoms with Crippen LogP contribution in [0.3, 0.4) is 0 Å². The first kappa shape index (κ1) is 14.8. The Hall–Kier alpha value is -3.08. The van der Waals surface area contributed by atoms with Crippen LogP contribution < -0.4 is 9.47 Å². The minimum absolute atomic E-state index is 0.181. The Bertz CT molecular complexity index is 803. The maximum atomic E-state index is 12.3. The molecule has 0 radical (unpaired) electrons. The molecule has 23 heavy (non-hydrogen) atoms. The van der Waals surface area contributed by atoms with Crippen molar-refractivity contribution in [3.63, 3.8) is 0 Å². The molecule has 5 nitrogen and oxygen atoms in total. The van der Waals surface area contributed by atoms with Gasteiger partial charge in [-0.25, -0.2) is 4.79 Å². The lowest BCUT2D eigenvalue weighted by molar-refractivity contribution is 0.0600. The summed E-state index contributed by atoms with van der Waals surface area (Å²) in [7, 11) is 2.88. The third-order valence-corrected chi connectivity index (χ3v) is 3.51. The van der Waals surface area contributed by atoms with E-state index in [1.165, 1.54) is 7.11 Å². The van der Waals surface area contributed by atoms with Gasteiger partial charge in [0, 0.05) is 6.07 Å². The van der Waals surface area contributed by atoms with Crippen molar-refractivity contribution in [2.45, 2.75) is 0 Å². The summed E-state index contributed by atoms with van der Waals surface area (Å²) in [6.45, 7) is 0. The van der Waals surface area contributed by atoms with Crippen LogP contribution in [0, 0.1) is 0 Å². The van der Waals surface area contributed by atoms with Gasteiger partial charge in [-0.15, -0.1) is 0 Å². The summed E-state index contributed by atoms with van der Waals surface area (Å²) in [4.78, 5) is 23.7. The Morgan fingerprint density at radius 3 is 2.48 bits per heavy atom. The molecular formula is C18H14O5. The molecular weight excluding hydrogens is 296 g/mol. The minimum atomic E-state index is -0.406. The lowest BCUT2D eigenvalue weighted by Gasteiger charge is -2.02. The molecule has 1 aliphatic rings. The fourth-order valence-electron chi connectivity index (χ4n) is 2.28. The van der Waals surface area contributed by atoms with E-state index in [2.05, 4.69) is 4.74 Å². The molecule has 0 atom stereocenters. The lowest BCUT2D eigenvalue weighted by atomic mass is 10.1. The van der Waals surface area contributed by atoms with Crippen LogP contribution in [0.15, 0.2) is 48.2 Å². The molecule has 1 aliphatic heterocycles. The molecule has 0 aliphatic carbocycles. The van der Waals surface area contributed by atoms with Crippen molar-refractivity contribution in [3.05, 3.63) is 64.9 Å². The van der Waals surface area contributed by atoms with Gasteiger partial charge in [-0.1, -0.05) is 12.1 Å². The lowest BCUT2D eigenvalue weighted by Crippen LogP contribution is -2.01. The molecule has 0 amide bonds. The van der Waals surface area contributed by atoms with E-state index in [-0.39, 0.29) is 11.5 Å². The van der Waals surface area contributed by atoms with Crippen molar-refractivity contribution in [2.75, 3.05) is 14.2 Å². The van der Waals surface area contributed by atoms with Gasteiger partial charge in [0.1, 0.15) is 11.5 Å².